The highest BCUT2D eigenvalue weighted by Crippen LogP contribution is 2.28. The zero-order valence-corrected chi connectivity index (χ0v) is 15.2. The molecule has 26 heavy (non-hydrogen) atoms. The number of piperidine rings is 1. The number of aliphatic imine (C=N–C) groups is 1. The second kappa shape index (κ2) is 6.37. The molecular weight excluding hydrogens is 354 g/mol. The van der Waals surface area contributed by atoms with Gasteiger partial charge in [-0.1, -0.05) is 11.6 Å². The van der Waals surface area contributed by atoms with Gasteiger partial charge in [0.25, 0.3) is 0 Å². The summed E-state index contributed by atoms with van der Waals surface area (Å²) in [5, 5.41) is 0.359. The van der Waals surface area contributed by atoms with Crippen molar-refractivity contribution >= 4 is 29.1 Å². The molecule has 0 amide bonds. The molecule has 0 bridgehead atoms. The molecule has 4 N–H and O–H groups in total. The summed E-state index contributed by atoms with van der Waals surface area (Å²) in [7, 11) is 0. The van der Waals surface area contributed by atoms with Gasteiger partial charge in [0.2, 0.25) is 5.90 Å². The van der Waals surface area contributed by atoms with Crippen molar-refractivity contribution in [3.8, 4) is 5.75 Å². The lowest BCUT2D eigenvalue weighted by Crippen LogP contribution is -2.48. The van der Waals surface area contributed by atoms with Gasteiger partial charge in [0.15, 0.2) is 5.75 Å². The highest BCUT2D eigenvalue weighted by molar-refractivity contribution is 6.32. The van der Waals surface area contributed by atoms with Crippen molar-refractivity contribution in [1.29, 1.82) is 0 Å². The van der Waals surface area contributed by atoms with Crippen LogP contribution in [0.5, 0.6) is 5.75 Å². The molecule has 2 aliphatic heterocycles. The molecule has 2 aromatic heterocycles. The van der Waals surface area contributed by atoms with E-state index >= 15 is 0 Å². The average molecular weight is 374 g/mol. The fourth-order valence-electron chi connectivity index (χ4n) is 3.02. The number of nitrogens with two attached hydrogens (primary N) is 2. The van der Waals surface area contributed by atoms with Gasteiger partial charge in [0.1, 0.15) is 22.4 Å². The smallest absolute Gasteiger partial charge is 0.243 e. The largest absolute Gasteiger partial charge is 0.435 e. The third-order valence-corrected chi connectivity index (χ3v) is 4.97. The summed E-state index contributed by atoms with van der Waals surface area (Å²) in [4.78, 5) is 19.7. The minimum atomic E-state index is -0.101. The number of nitrogens with zero attached hydrogens (tertiary/aromatic N) is 5. The van der Waals surface area contributed by atoms with Crippen LogP contribution < -0.4 is 21.1 Å². The number of hydrogen-bond acceptors (Lipinski definition) is 8. The van der Waals surface area contributed by atoms with Crippen LogP contribution >= 0.6 is 11.6 Å². The number of halogens is 1. The third-order valence-electron chi connectivity index (χ3n) is 4.68. The Kier molecular flexibility index (Phi) is 4.16. The summed E-state index contributed by atoms with van der Waals surface area (Å²) < 4.78 is 5.79. The first-order valence-electron chi connectivity index (χ1n) is 8.45. The Balaban J connectivity index is 1.52. The molecule has 4 rings (SSSR count). The van der Waals surface area contributed by atoms with Crippen LogP contribution in [0.25, 0.3) is 0 Å². The Hall–Kier alpha value is -2.45. The van der Waals surface area contributed by atoms with Crippen LogP contribution in [0.4, 0.5) is 11.6 Å². The Morgan fingerprint density at radius 1 is 1.23 bits per heavy atom. The van der Waals surface area contributed by atoms with Crippen molar-refractivity contribution in [1.82, 2.24) is 15.0 Å². The molecule has 8 nitrogen and oxygen atoms in total. The van der Waals surface area contributed by atoms with Crippen LogP contribution in [0, 0.1) is 0 Å². The van der Waals surface area contributed by atoms with Crippen molar-refractivity contribution in [2.45, 2.75) is 31.8 Å². The zero-order chi connectivity index (χ0) is 18.3. The zero-order valence-electron chi connectivity index (χ0n) is 14.4. The first kappa shape index (κ1) is 17.0. The van der Waals surface area contributed by atoms with Crippen LogP contribution in [0.1, 0.15) is 31.2 Å². The van der Waals surface area contributed by atoms with Crippen LogP contribution in [0.2, 0.25) is 5.02 Å². The molecule has 0 unspecified atom stereocenters. The van der Waals surface area contributed by atoms with E-state index in [9.17, 15) is 0 Å². The molecule has 1 fully saturated rings. The lowest BCUT2D eigenvalue weighted by atomic mass is 9.91. The maximum absolute atomic E-state index is 6.20. The summed E-state index contributed by atoms with van der Waals surface area (Å²) in [5.74, 6) is 1.96. The minimum Gasteiger partial charge on any atom is -0.435 e. The molecule has 2 aliphatic rings. The van der Waals surface area contributed by atoms with Gasteiger partial charge < -0.3 is 21.1 Å². The quantitative estimate of drug-likeness (QED) is 0.823. The Labute approximate surface area is 156 Å². The number of ether oxygens (including phenoxy) is 1. The van der Waals surface area contributed by atoms with Gasteiger partial charge in [-0.3, -0.25) is 0 Å². The van der Waals surface area contributed by atoms with Crippen molar-refractivity contribution in [3.05, 3.63) is 34.9 Å². The molecule has 9 heteroatoms. The number of rotatable bonds is 2. The van der Waals surface area contributed by atoms with Gasteiger partial charge in [-0.2, -0.15) is 0 Å². The molecule has 2 aromatic rings. The number of hydrogen-bond donors (Lipinski definition) is 2. The molecule has 0 saturated carbocycles. The summed E-state index contributed by atoms with van der Waals surface area (Å²) in [6.07, 6.45) is 5.06. The lowest BCUT2D eigenvalue weighted by molar-refractivity contribution is 0.363. The van der Waals surface area contributed by atoms with Gasteiger partial charge in [0, 0.05) is 24.7 Å². The highest BCUT2D eigenvalue weighted by Gasteiger charge is 2.28. The number of nitrogen functional groups attached to an aromatic ring is 1. The van der Waals surface area contributed by atoms with E-state index < -0.39 is 0 Å². The van der Waals surface area contributed by atoms with Crippen LogP contribution in [0.15, 0.2) is 23.5 Å². The van der Waals surface area contributed by atoms with Gasteiger partial charge >= 0.3 is 0 Å². The van der Waals surface area contributed by atoms with E-state index in [2.05, 4.69) is 26.8 Å². The van der Waals surface area contributed by atoms with Crippen LogP contribution in [-0.2, 0) is 6.54 Å². The molecule has 0 aliphatic carbocycles. The second-order valence-corrected chi connectivity index (χ2v) is 7.33. The minimum absolute atomic E-state index is 0.101. The topological polar surface area (TPSA) is 116 Å². The molecule has 0 atom stereocenters. The summed E-state index contributed by atoms with van der Waals surface area (Å²) in [5.41, 5.74) is 13.2. The third kappa shape index (κ3) is 3.30. The van der Waals surface area contributed by atoms with Crippen molar-refractivity contribution in [2.24, 2.45) is 10.7 Å². The number of fused-ring (bicyclic) bond motifs is 1. The Bertz CT molecular complexity index is 873. The number of aromatic nitrogens is 3. The lowest BCUT2D eigenvalue weighted by Gasteiger charge is -2.37. The fraction of sp³-hybridized carbons (Fsp3) is 0.412. The van der Waals surface area contributed by atoms with E-state index in [-0.39, 0.29) is 5.54 Å². The molecule has 4 heterocycles. The first-order valence-corrected chi connectivity index (χ1v) is 8.82. The SMILES string of the molecule is CC1(N)CCN(c2cnc3c(n2)CN=C3Oc2cc(N)ncc2Cl)CC1. The predicted octanol–water partition coefficient (Wildman–Crippen LogP) is 1.76. The first-order chi connectivity index (χ1) is 12.4. The number of pyridine rings is 1. The molecule has 0 radical (unpaired) electrons. The normalized spacial score (nSPS) is 18.4. The van der Waals surface area contributed by atoms with E-state index in [1.807, 2.05) is 0 Å². The summed E-state index contributed by atoms with van der Waals surface area (Å²) in [6, 6.07) is 1.56. The molecule has 1 saturated heterocycles. The predicted molar refractivity (Wildman–Crippen MR) is 101 cm³/mol. The van der Waals surface area contributed by atoms with Crippen LogP contribution in [-0.4, -0.2) is 39.5 Å². The van der Waals surface area contributed by atoms with E-state index in [4.69, 9.17) is 32.8 Å². The molecule has 136 valence electrons. The molecular formula is C17H20ClN7O. The maximum atomic E-state index is 6.20. The Morgan fingerprint density at radius 2 is 2.00 bits per heavy atom. The molecule has 0 spiro atoms. The van der Waals surface area contributed by atoms with Crippen molar-refractivity contribution in [3.63, 3.8) is 0 Å². The van der Waals surface area contributed by atoms with Crippen LogP contribution in [0.3, 0.4) is 0 Å². The highest BCUT2D eigenvalue weighted by atomic mass is 35.5. The van der Waals surface area contributed by atoms with E-state index in [0.29, 0.717) is 34.7 Å². The summed E-state index contributed by atoms with van der Waals surface area (Å²) in [6.45, 7) is 4.26. The maximum Gasteiger partial charge on any atom is 0.243 e. The second-order valence-electron chi connectivity index (χ2n) is 6.93. The average Bonchev–Trinajstić information content (AvgIpc) is 3.00. The summed E-state index contributed by atoms with van der Waals surface area (Å²) >= 11 is 6.10. The van der Waals surface area contributed by atoms with E-state index in [1.165, 1.54) is 6.20 Å². The van der Waals surface area contributed by atoms with Gasteiger partial charge in [-0.05, 0) is 19.8 Å². The van der Waals surface area contributed by atoms with Crippen molar-refractivity contribution in [2.75, 3.05) is 23.7 Å². The van der Waals surface area contributed by atoms with Gasteiger partial charge in [0.05, 0.1) is 24.6 Å². The Morgan fingerprint density at radius 3 is 2.77 bits per heavy atom. The van der Waals surface area contributed by atoms with Gasteiger partial charge in [-0.25, -0.2) is 19.9 Å². The van der Waals surface area contributed by atoms with Crippen molar-refractivity contribution < 1.29 is 4.74 Å². The number of anilines is 2. The fourth-order valence-corrected chi connectivity index (χ4v) is 3.17. The standard InChI is InChI=1S/C17H20ClN7O/c1-17(20)2-4-25(5-3-17)14-9-22-15-11(24-14)8-23-16(15)26-12-6-13(19)21-7-10(12)18/h6-7,9H,2-5,8,20H2,1H3,(H2,19,21). The molecule has 0 aromatic carbocycles. The van der Waals surface area contributed by atoms with Gasteiger partial charge in [-0.15, -0.1) is 0 Å². The monoisotopic (exact) mass is 373 g/mol. The van der Waals surface area contributed by atoms with E-state index in [0.717, 1.165) is 37.4 Å². The van der Waals surface area contributed by atoms with E-state index in [1.54, 1.807) is 12.3 Å².